The maximum absolute atomic E-state index is 11.7. The number of hydrogen-bond donors (Lipinski definition) is 0. The van der Waals surface area contributed by atoms with E-state index < -0.39 is 10.0 Å². The molecule has 0 aromatic rings. The Morgan fingerprint density at radius 3 is 2.19 bits per heavy atom. The summed E-state index contributed by atoms with van der Waals surface area (Å²) >= 11 is 0. The van der Waals surface area contributed by atoms with Crippen molar-refractivity contribution in [2.75, 3.05) is 53.2 Å². The van der Waals surface area contributed by atoms with Gasteiger partial charge in [0.25, 0.3) is 0 Å². The molecule has 0 atom stereocenters. The lowest BCUT2D eigenvalue weighted by Gasteiger charge is -2.21. The van der Waals surface area contributed by atoms with Crippen LogP contribution in [0.4, 0.5) is 0 Å². The molecule has 0 aromatic carbocycles. The Morgan fingerprint density at radius 2 is 1.75 bits per heavy atom. The first kappa shape index (κ1) is 15.8. The zero-order valence-corrected chi connectivity index (χ0v) is 11.6. The molecule has 0 aliphatic rings. The van der Waals surface area contributed by atoms with Crippen LogP contribution in [0.25, 0.3) is 0 Å². The Hall–Kier alpha value is -0.170. The van der Waals surface area contributed by atoms with E-state index in [1.165, 1.54) is 4.31 Å². The van der Waals surface area contributed by atoms with Crippen LogP contribution < -0.4 is 0 Å². The van der Waals surface area contributed by atoms with E-state index >= 15 is 0 Å². The van der Waals surface area contributed by atoms with Crippen molar-refractivity contribution in [1.82, 2.24) is 9.21 Å². The SMILES string of the molecule is CCS(=O)(=O)N(CCCN(C)C)CCOC. The molecule has 0 radical (unpaired) electrons. The molecule has 0 amide bonds. The molecular formula is C10H24N2O3S. The molecule has 0 aromatic heterocycles. The van der Waals surface area contributed by atoms with Crippen LogP contribution in [0.15, 0.2) is 0 Å². The quantitative estimate of drug-likeness (QED) is 0.590. The highest BCUT2D eigenvalue weighted by Gasteiger charge is 2.18. The Balaban J connectivity index is 4.21. The van der Waals surface area contributed by atoms with E-state index in [1.807, 2.05) is 19.0 Å². The lowest BCUT2D eigenvalue weighted by atomic mass is 10.4. The Morgan fingerprint density at radius 1 is 1.12 bits per heavy atom. The summed E-state index contributed by atoms with van der Waals surface area (Å²) < 4.78 is 29.9. The molecule has 0 aliphatic carbocycles. The fourth-order valence-electron chi connectivity index (χ4n) is 1.33. The highest BCUT2D eigenvalue weighted by molar-refractivity contribution is 7.89. The highest BCUT2D eigenvalue weighted by atomic mass is 32.2. The van der Waals surface area contributed by atoms with Gasteiger partial charge in [0, 0.05) is 20.2 Å². The number of methoxy groups -OCH3 is 1. The van der Waals surface area contributed by atoms with E-state index in [9.17, 15) is 8.42 Å². The monoisotopic (exact) mass is 252 g/mol. The van der Waals surface area contributed by atoms with Gasteiger partial charge in [-0.25, -0.2) is 8.42 Å². The normalized spacial score (nSPS) is 12.6. The van der Waals surface area contributed by atoms with Crippen molar-refractivity contribution in [3.8, 4) is 0 Å². The van der Waals surface area contributed by atoms with E-state index in [-0.39, 0.29) is 5.75 Å². The van der Waals surface area contributed by atoms with Crippen LogP contribution in [0.5, 0.6) is 0 Å². The summed E-state index contributed by atoms with van der Waals surface area (Å²) in [7, 11) is 2.44. The van der Waals surface area contributed by atoms with Crippen LogP contribution in [0.1, 0.15) is 13.3 Å². The largest absolute Gasteiger partial charge is 0.383 e. The van der Waals surface area contributed by atoms with Gasteiger partial charge in [-0.05, 0) is 34.0 Å². The predicted molar refractivity (Wildman–Crippen MR) is 66.1 cm³/mol. The summed E-state index contributed by atoms with van der Waals surface area (Å²) in [6.07, 6.45) is 0.843. The van der Waals surface area contributed by atoms with Gasteiger partial charge in [-0.3, -0.25) is 0 Å². The second kappa shape index (κ2) is 8.00. The number of hydrogen-bond acceptors (Lipinski definition) is 4. The summed E-state index contributed by atoms with van der Waals surface area (Å²) in [6.45, 7) is 4.02. The minimum absolute atomic E-state index is 0.151. The first-order chi connectivity index (χ1) is 7.44. The molecule has 6 heteroatoms. The summed E-state index contributed by atoms with van der Waals surface area (Å²) in [5.41, 5.74) is 0. The van der Waals surface area contributed by atoms with Gasteiger partial charge < -0.3 is 9.64 Å². The molecule has 0 saturated carbocycles. The van der Waals surface area contributed by atoms with Crippen LogP contribution in [0.2, 0.25) is 0 Å². The van der Waals surface area contributed by atoms with Crippen molar-refractivity contribution in [1.29, 1.82) is 0 Å². The van der Waals surface area contributed by atoms with Crippen molar-refractivity contribution in [3.05, 3.63) is 0 Å². The van der Waals surface area contributed by atoms with Gasteiger partial charge in [0.1, 0.15) is 0 Å². The van der Waals surface area contributed by atoms with E-state index in [1.54, 1.807) is 14.0 Å². The fraction of sp³-hybridized carbons (Fsp3) is 1.00. The van der Waals surface area contributed by atoms with Gasteiger partial charge in [-0.1, -0.05) is 0 Å². The summed E-state index contributed by atoms with van der Waals surface area (Å²) in [6, 6.07) is 0. The van der Waals surface area contributed by atoms with E-state index in [4.69, 9.17) is 4.74 Å². The minimum Gasteiger partial charge on any atom is -0.383 e. The lowest BCUT2D eigenvalue weighted by molar-refractivity contribution is 0.177. The first-order valence-electron chi connectivity index (χ1n) is 5.55. The van der Waals surface area contributed by atoms with Gasteiger partial charge in [-0.2, -0.15) is 4.31 Å². The third-order valence-electron chi connectivity index (χ3n) is 2.32. The van der Waals surface area contributed by atoms with Crippen LogP contribution >= 0.6 is 0 Å². The zero-order valence-electron chi connectivity index (χ0n) is 10.8. The maximum atomic E-state index is 11.7. The molecule has 0 fully saturated rings. The van der Waals surface area contributed by atoms with Crippen molar-refractivity contribution in [3.63, 3.8) is 0 Å². The molecule has 0 bridgehead atoms. The predicted octanol–water partition coefficient (Wildman–Crippen LogP) is 0.236. The second-order valence-electron chi connectivity index (χ2n) is 3.95. The smallest absolute Gasteiger partial charge is 0.213 e. The Bertz CT molecular complexity index is 265. The molecule has 5 nitrogen and oxygen atoms in total. The summed E-state index contributed by atoms with van der Waals surface area (Å²) in [4.78, 5) is 2.05. The van der Waals surface area contributed by atoms with Gasteiger partial charge >= 0.3 is 0 Å². The number of rotatable bonds is 9. The van der Waals surface area contributed by atoms with Crippen molar-refractivity contribution >= 4 is 10.0 Å². The molecule has 0 aliphatic heterocycles. The number of sulfonamides is 1. The molecule has 0 heterocycles. The van der Waals surface area contributed by atoms with Crippen LogP contribution in [-0.2, 0) is 14.8 Å². The van der Waals surface area contributed by atoms with E-state index in [2.05, 4.69) is 0 Å². The standard InChI is InChI=1S/C10H24N2O3S/c1-5-16(13,14)12(9-10-15-4)8-6-7-11(2)3/h5-10H2,1-4H3. The third kappa shape index (κ3) is 6.42. The zero-order chi connectivity index (χ0) is 12.6. The maximum Gasteiger partial charge on any atom is 0.213 e. The second-order valence-corrected chi connectivity index (χ2v) is 6.21. The van der Waals surface area contributed by atoms with Gasteiger partial charge in [0.05, 0.1) is 12.4 Å². The van der Waals surface area contributed by atoms with Crippen molar-refractivity contribution < 1.29 is 13.2 Å². The minimum atomic E-state index is -3.10. The van der Waals surface area contributed by atoms with E-state index in [0.29, 0.717) is 19.7 Å². The van der Waals surface area contributed by atoms with Crippen molar-refractivity contribution in [2.24, 2.45) is 0 Å². The number of nitrogens with zero attached hydrogens (tertiary/aromatic N) is 2. The summed E-state index contributed by atoms with van der Waals surface area (Å²) in [5.74, 6) is 0.151. The highest BCUT2D eigenvalue weighted by Crippen LogP contribution is 2.03. The average molecular weight is 252 g/mol. The van der Waals surface area contributed by atoms with Gasteiger partial charge in [-0.15, -0.1) is 0 Å². The Labute approximate surface area is 99.4 Å². The van der Waals surface area contributed by atoms with E-state index in [0.717, 1.165) is 13.0 Å². The van der Waals surface area contributed by atoms with Gasteiger partial charge in [0.15, 0.2) is 0 Å². The summed E-state index contributed by atoms with van der Waals surface area (Å²) in [5, 5.41) is 0. The molecular weight excluding hydrogens is 228 g/mol. The topological polar surface area (TPSA) is 49.9 Å². The average Bonchev–Trinajstić information content (AvgIpc) is 2.22. The molecule has 16 heavy (non-hydrogen) atoms. The molecule has 0 rings (SSSR count). The van der Waals surface area contributed by atoms with Crippen LogP contribution in [0, 0.1) is 0 Å². The van der Waals surface area contributed by atoms with Crippen LogP contribution in [0.3, 0.4) is 0 Å². The molecule has 0 unspecified atom stereocenters. The molecule has 0 N–H and O–H groups in total. The lowest BCUT2D eigenvalue weighted by Crippen LogP contribution is -2.36. The molecule has 98 valence electrons. The number of ether oxygens (including phenoxy) is 1. The van der Waals surface area contributed by atoms with Gasteiger partial charge in [0.2, 0.25) is 10.0 Å². The van der Waals surface area contributed by atoms with Crippen LogP contribution in [-0.4, -0.2) is 70.8 Å². The first-order valence-corrected chi connectivity index (χ1v) is 7.16. The van der Waals surface area contributed by atoms with Crippen molar-refractivity contribution in [2.45, 2.75) is 13.3 Å². The Kier molecular flexibility index (Phi) is 7.91. The molecule has 0 saturated heterocycles. The third-order valence-corrected chi connectivity index (χ3v) is 4.20. The molecule has 0 spiro atoms. The fourth-order valence-corrected chi connectivity index (χ4v) is 2.45.